The molecule has 0 unspecified atom stereocenters. The van der Waals surface area contributed by atoms with Gasteiger partial charge in [-0.3, -0.25) is 9.78 Å². The minimum atomic E-state index is -0.00217. The standard InChI is InChI=1S/C17H11BrClNO/c18-14-6-3-5-13(17(14)19)16(21)10-11-8-9-20-15-7-2-1-4-12(11)15/h1-9H,10H2. The Balaban J connectivity index is 1.99. The molecule has 2 nitrogen and oxygen atoms in total. The van der Waals surface area contributed by atoms with Crippen LogP contribution in [0.3, 0.4) is 0 Å². The van der Waals surface area contributed by atoms with Crippen LogP contribution in [0, 0.1) is 0 Å². The molecule has 0 atom stereocenters. The van der Waals surface area contributed by atoms with Crippen molar-refractivity contribution in [1.82, 2.24) is 4.98 Å². The molecule has 0 aliphatic carbocycles. The van der Waals surface area contributed by atoms with Gasteiger partial charge >= 0.3 is 0 Å². The van der Waals surface area contributed by atoms with Gasteiger partial charge in [0.25, 0.3) is 0 Å². The van der Waals surface area contributed by atoms with Crippen molar-refractivity contribution < 1.29 is 4.79 Å². The van der Waals surface area contributed by atoms with Crippen molar-refractivity contribution in [1.29, 1.82) is 0 Å². The fraction of sp³-hybridized carbons (Fsp3) is 0.0588. The van der Waals surface area contributed by atoms with Gasteiger partial charge < -0.3 is 0 Å². The lowest BCUT2D eigenvalue weighted by molar-refractivity contribution is 0.0993. The Morgan fingerprint density at radius 3 is 2.76 bits per heavy atom. The number of carbonyl (C=O) groups excluding carboxylic acids is 1. The Labute approximate surface area is 135 Å². The summed E-state index contributed by atoms with van der Waals surface area (Å²) in [7, 11) is 0. The van der Waals surface area contributed by atoms with E-state index in [2.05, 4.69) is 20.9 Å². The summed E-state index contributed by atoms with van der Waals surface area (Å²) in [4.78, 5) is 16.8. The minimum absolute atomic E-state index is 0.00217. The molecule has 0 aliphatic heterocycles. The Kier molecular flexibility index (Phi) is 4.04. The van der Waals surface area contributed by atoms with Gasteiger partial charge in [0.2, 0.25) is 0 Å². The van der Waals surface area contributed by atoms with Crippen molar-refractivity contribution in [2.75, 3.05) is 0 Å². The number of hydrogen-bond donors (Lipinski definition) is 0. The number of para-hydroxylation sites is 1. The Hall–Kier alpha value is -1.71. The molecule has 4 heteroatoms. The molecule has 21 heavy (non-hydrogen) atoms. The first kappa shape index (κ1) is 14.2. The van der Waals surface area contributed by atoms with E-state index in [1.165, 1.54) is 0 Å². The van der Waals surface area contributed by atoms with E-state index in [-0.39, 0.29) is 5.78 Å². The van der Waals surface area contributed by atoms with Gasteiger partial charge in [0, 0.05) is 28.0 Å². The first-order chi connectivity index (χ1) is 10.2. The third-order valence-corrected chi connectivity index (χ3v) is 4.64. The van der Waals surface area contributed by atoms with Crippen LogP contribution >= 0.6 is 27.5 Å². The smallest absolute Gasteiger partial charge is 0.168 e. The van der Waals surface area contributed by atoms with E-state index < -0.39 is 0 Å². The number of nitrogens with zero attached hydrogens (tertiary/aromatic N) is 1. The van der Waals surface area contributed by atoms with Crippen LogP contribution in [0.1, 0.15) is 15.9 Å². The molecule has 0 spiro atoms. The molecule has 3 aromatic rings. The summed E-state index contributed by atoms with van der Waals surface area (Å²) < 4.78 is 0.731. The van der Waals surface area contributed by atoms with Crippen LogP contribution in [-0.4, -0.2) is 10.8 Å². The van der Waals surface area contributed by atoms with Gasteiger partial charge in [-0.05, 0) is 45.8 Å². The zero-order valence-corrected chi connectivity index (χ0v) is 13.4. The summed E-state index contributed by atoms with van der Waals surface area (Å²) in [6.07, 6.45) is 2.03. The first-order valence-corrected chi connectivity index (χ1v) is 7.64. The molecule has 3 rings (SSSR count). The summed E-state index contributed by atoms with van der Waals surface area (Å²) in [5.74, 6) is -0.00217. The average Bonchev–Trinajstić information content (AvgIpc) is 2.50. The van der Waals surface area contributed by atoms with Crippen LogP contribution in [0.4, 0.5) is 0 Å². The summed E-state index contributed by atoms with van der Waals surface area (Å²) in [6, 6.07) is 15.1. The average molecular weight is 361 g/mol. The number of ketones is 1. The highest BCUT2D eigenvalue weighted by Crippen LogP contribution is 2.27. The normalized spacial score (nSPS) is 10.8. The minimum Gasteiger partial charge on any atom is -0.294 e. The van der Waals surface area contributed by atoms with Gasteiger partial charge in [0.05, 0.1) is 10.5 Å². The van der Waals surface area contributed by atoms with Gasteiger partial charge in [-0.15, -0.1) is 0 Å². The van der Waals surface area contributed by atoms with Gasteiger partial charge in [0.15, 0.2) is 5.78 Å². The molecule has 1 heterocycles. The maximum Gasteiger partial charge on any atom is 0.168 e. The van der Waals surface area contributed by atoms with Crippen LogP contribution < -0.4 is 0 Å². The fourth-order valence-corrected chi connectivity index (χ4v) is 2.89. The second kappa shape index (κ2) is 5.96. The number of benzene rings is 2. The molecule has 1 aromatic heterocycles. The maximum absolute atomic E-state index is 12.5. The topological polar surface area (TPSA) is 30.0 Å². The molecule has 2 aromatic carbocycles. The first-order valence-electron chi connectivity index (χ1n) is 6.46. The lowest BCUT2D eigenvalue weighted by Crippen LogP contribution is -2.05. The van der Waals surface area contributed by atoms with Gasteiger partial charge in [-0.1, -0.05) is 35.9 Å². The van der Waals surface area contributed by atoms with Crippen molar-refractivity contribution in [3.05, 3.63) is 75.4 Å². The predicted octanol–water partition coefficient (Wildman–Crippen LogP) is 5.08. The lowest BCUT2D eigenvalue weighted by Gasteiger charge is -2.07. The van der Waals surface area contributed by atoms with E-state index in [0.29, 0.717) is 17.0 Å². The van der Waals surface area contributed by atoms with Crippen LogP contribution in [0.5, 0.6) is 0 Å². The number of halogens is 2. The van der Waals surface area contributed by atoms with Crippen LogP contribution in [0.15, 0.2) is 59.2 Å². The molecule has 0 N–H and O–H groups in total. The number of carbonyl (C=O) groups is 1. The molecule has 0 saturated carbocycles. The van der Waals surface area contributed by atoms with E-state index in [0.717, 1.165) is 20.9 Å². The van der Waals surface area contributed by atoms with Crippen molar-refractivity contribution in [2.45, 2.75) is 6.42 Å². The highest BCUT2D eigenvalue weighted by atomic mass is 79.9. The highest BCUT2D eigenvalue weighted by molar-refractivity contribution is 9.10. The Morgan fingerprint density at radius 2 is 1.90 bits per heavy atom. The molecule has 104 valence electrons. The Bertz CT molecular complexity index is 827. The summed E-state index contributed by atoms with van der Waals surface area (Å²) in [5, 5.41) is 1.46. The zero-order valence-electron chi connectivity index (χ0n) is 11.0. The lowest BCUT2D eigenvalue weighted by atomic mass is 10.00. The molecule has 0 saturated heterocycles. The number of hydrogen-bond acceptors (Lipinski definition) is 2. The Morgan fingerprint density at radius 1 is 1.10 bits per heavy atom. The van der Waals surface area contributed by atoms with Gasteiger partial charge in [-0.25, -0.2) is 0 Å². The van der Waals surface area contributed by atoms with E-state index in [1.54, 1.807) is 12.3 Å². The predicted molar refractivity (Wildman–Crippen MR) is 88.9 cm³/mol. The number of fused-ring (bicyclic) bond motifs is 1. The SMILES string of the molecule is O=C(Cc1ccnc2ccccc12)c1cccc(Br)c1Cl. The molecule has 0 aliphatic rings. The number of rotatable bonds is 3. The maximum atomic E-state index is 12.5. The largest absolute Gasteiger partial charge is 0.294 e. The molecular formula is C17H11BrClNO. The van der Waals surface area contributed by atoms with Crippen molar-refractivity contribution in [3.63, 3.8) is 0 Å². The van der Waals surface area contributed by atoms with E-state index in [4.69, 9.17) is 11.6 Å². The molecular weight excluding hydrogens is 350 g/mol. The summed E-state index contributed by atoms with van der Waals surface area (Å²) in [6.45, 7) is 0. The van der Waals surface area contributed by atoms with Crippen LogP contribution in [-0.2, 0) is 6.42 Å². The van der Waals surface area contributed by atoms with E-state index in [9.17, 15) is 4.79 Å². The molecule has 0 bridgehead atoms. The van der Waals surface area contributed by atoms with Crippen molar-refractivity contribution in [3.8, 4) is 0 Å². The highest BCUT2D eigenvalue weighted by Gasteiger charge is 2.14. The van der Waals surface area contributed by atoms with Crippen LogP contribution in [0.2, 0.25) is 5.02 Å². The molecule has 0 amide bonds. The van der Waals surface area contributed by atoms with Gasteiger partial charge in [-0.2, -0.15) is 0 Å². The van der Waals surface area contributed by atoms with Crippen molar-refractivity contribution >= 4 is 44.2 Å². The van der Waals surface area contributed by atoms with E-state index >= 15 is 0 Å². The monoisotopic (exact) mass is 359 g/mol. The summed E-state index contributed by atoms with van der Waals surface area (Å²) in [5.41, 5.74) is 2.39. The third-order valence-electron chi connectivity index (χ3n) is 3.34. The quantitative estimate of drug-likeness (QED) is 0.610. The second-order valence-electron chi connectivity index (χ2n) is 4.69. The number of pyridine rings is 1. The number of aromatic nitrogens is 1. The third kappa shape index (κ3) is 2.85. The van der Waals surface area contributed by atoms with Gasteiger partial charge in [0.1, 0.15) is 0 Å². The fourth-order valence-electron chi connectivity index (χ4n) is 2.30. The van der Waals surface area contributed by atoms with Crippen molar-refractivity contribution in [2.24, 2.45) is 0 Å². The van der Waals surface area contributed by atoms with E-state index in [1.807, 2.05) is 42.5 Å². The van der Waals surface area contributed by atoms with Crippen LogP contribution in [0.25, 0.3) is 10.9 Å². The zero-order chi connectivity index (χ0) is 14.8. The molecule has 0 fully saturated rings. The number of Topliss-reactive ketones (excluding diaryl/α,β-unsaturated/α-hetero) is 1. The summed E-state index contributed by atoms with van der Waals surface area (Å²) >= 11 is 9.54. The second-order valence-corrected chi connectivity index (χ2v) is 5.92. The molecule has 0 radical (unpaired) electrons.